The highest BCUT2D eigenvalue weighted by Crippen LogP contribution is 2.27. The zero-order valence-corrected chi connectivity index (χ0v) is 17.4. The van der Waals surface area contributed by atoms with Crippen molar-refractivity contribution in [3.8, 4) is 5.75 Å². The average Bonchev–Trinajstić information content (AvgIpc) is 3.03. The topological polar surface area (TPSA) is 63.7 Å². The van der Waals surface area contributed by atoms with Crippen LogP contribution in [0.1, 0.15) is 35.7 Å². The number of benzene rings is 2. The Morgan fingerprint density at radius 2 is 2.00 bits per heavy atom. The van der Waals surface area contributed by atoms with Gasteiger partial charge in [-0.3, -0.25) is 4.79 Å². The quantitative estimate of drug-likeness (QED) is 0.678. The van der Waals surface area contributed by atoms with E-state index in [4.69, 9.17) is 16.3 Å². The minimum Gasteiger partial charge on any atom is -0.493 e. The molecule has 2 aromatic rings. The summed E-state index contributed by atoms with van der Waals surface area (Å²) in [5.41, 5.74) is 1.30. The summed E-state index contributed by atoms with van der Waals surface area (Å²) >= 11 is 6.09. The van der Waals surface area contributed by atoms with E-state index in [2.05, 4.69) is 0 Å². The number of para-hydroxylation sites is 1. The largest absolute Gasteiger partial charge is 0.493 e. The number of carbonyl (C=O) groups excluding carboxylic acids is 1. The summed E-state index contributed by atoms with van der Waals surface area (Å²) in [6.07, 6.45) is 1.27. The first kappa shape index (κ1) is 20.7. The zero-order valence-electron chi connectivity index (χ0n) is 15.8. The Morgan fingerprint density at radius 3 is 2.68 bits per heavy atom. The molecule has 1 atom stereocenters. The molecular formula is C21H24ClNO4S. The van der Waals surface area contributed by atoms with Gasteiger partial charge in [-0.05, 0) is 42.7 Å². The third kappa shape index (κ3) is 5.06. The fraction of sp³-hybridized carbons (Fsp3) is 0.381. The van der Waals surface area contributed by atoms with Crippen molar-refractivity contribution < 1.29 is 17.9 Å². The molecular weight excluding hydrogens is 398 g/mol. The lowest BCUT2D eigenvalue weighted by atomic mass is 10.1. The number of ether oxygens (including phenoxy) is 1. The van der Waals surface area contributed by atoms with Crippen LogP contribution in [0.2, 0.25) is 5.02 Å². The fourth-order valence-corrected chi connectivity index (χ4v) is 5.30. The SMILES string of the molecule is CCCOc1ccccc1C(=O)N(Cc1cccc(Cl)c1)[C@H]1CCS(=O)(=O)C1. The molecule has 0 unspecified atom stereocenters. The van der Waals surface area contributed by atoms with Gasteiger partial charge in [0.1, 0.15) is 5.75 Å². The first-order valence-electron chi connectivity index (χ1n) is 9.37. The maximum absolute atomic E-state index is 13.4. The molecule has 150 valence electrons. The van der Waals surface area contributed by atoms with E-state index in [9.17, 15) is 13.2 Å². The average molecular weight is 422 g/mol. The van der Waals surface area contributed by atoms with E-state index in [-0.39, 0.29) is 23.5 Å². The van der Waals surface area contributed by atoms with Gasteiger partial charge in [0.05, 0.1) is 23.7 Å². The lowest BCUT2D eigenvalue weighted by Crippen LogP contribution is -2.40. The molecule has 1 saturated heterocycles. The van der Waals surface area contributed by atoms with Crippen molar-refractivity contribution in [2.24, 2.45) is 0 Å². The summed E-state index contributed by atoms with van der Waals surface area (Å²) in [5.74, 6) is 0.377. The summed E-state index contributed by atoms with van der Waals surface area (Å²) < 4.78 is 29.8. The number of sulfone groups is 1. The molecule has 1 aliphatic heterocycles. The van der Waals surface area contributed by atoms with Gasteiger partial charge in [-0.1, -0.05) is 42.8 Å². The molecule has 28 heavy (non-hydrogen) atoms. The summed E-state index contributed by atoms with van der Waals surface area (Å²) in [5, 5.41) is 0.579. The molecule has 2 aromatic carbocycles. The number of amides is 1. The van der Waals surface area contributed by atoms with E-state index in [0.717, 1.165) is 12.0 Å². The fourth-order valence-electron chi connectivity index (χ4n) is 3.36. The Balaban J connectivity index is 1.93. The van der Waals surface area contributed by atoms with Crippen LogP contribution >= 0.6 is 11.6 Å². The van der Waals surface area contributed by atoms with Gasteiger partial charge in [-0.2, -0.15) is 0 Å². The maximum atomic E-state index is 13.4. The Labute approximate surface area is 171 Å². The Kier molecular flexibility index (Phi) is 6.62. The van der Waals surface area contributed by atoms with Crippen LogP contribution in [-0.2, 0) is 16.4 Å². The molecule has 5 nitrogen and oxygen atoms in total. The van der Waals surface area contributed by atoms with E-state index >= 15 is 0 Å². The highest BCUT2D eigenvalue weighted by molar-refractivity contribution is 7.91. The predicted octanol–water partition coefficient (Wildman–Crippen LogP) is 3.96. The number of carbonyl (C=O) groups is 1. The van der Waals surface area contributed by atoms with E-state index < -0.39 is 9.84 Å². The smallest absolute Gasteiger partial charge is 0.258 e. The molecule has 1 aliphatic rings. The standard InChI is InChI=1S/C21H24ClNO4S/c1-2-11-27-20-9-4-3-8-19(20)21(24)23(18-10-12-28(25,26)15-18)14-16-6-5-7-17(22)13-16/h3-9,13,18H,2,10-12,14-15H2,1H3/t18-/m0/s1. The van der Waals surface area contributed by atoms with Gasteiger partial charge in [-0.15, -0.1) is 0 Å². The Hall–Kier alpha value is -2.05. The van der Waals surface area contributed by atoms with Crippen LogP contribution in [0.4, 0.5) is 0 Å². The highest BCUT2D eigenvalue weighted by Gasteiger charge is 2.35. The zero-order chi connectivity index (χ0) is 20.1. The van der Waals surface area contributed by atoms with Gasteiger partial charge < -0.3 is 9.64 Å². The molecule has 1 fully saturated rings. The van der Waals surface area contributed by atoms with Gasteiger partial charge in [0.15, 0.2) is 9.84 Å². The van der Waals surface area contributed by atoms with Gasteiger partial charge in [0.25, 0.3) is 5.91 Å². The first-order chi connectivity index (χ1) is 13.4. The molecule has 0 saturated carbocycles. The van der Waals surface area contributed by atoms with Gasteiger partial charge in [0.2, 0.25) is 0 Å². The maximum Gasteiger partial charge on any atom is 0.258 e. The summed E-state index contributed by atoms with van der Waals surface area (Å²) in [4.78, 5) is 15.1. The van der Waals surface area contributed by atoms with Crippen molar-refractivity contribution in [1.29, 1.82) is 0 Å². The van der Waals surface area contributed by atoms with E-state index in [1.807, 2.05) is 25.1 Å². The van der Waals surface area contributed by atoms with Crippen LogP contribution in [0.3, 0.4) is 0 Å². The summed E-state index contributed by atoms with van der Waals surface area (Å²) in [7, 11) is -3.13. The molecule has 3 rings (SSSR count). The molecule has 0 N–H and O–H groups in total. The van der Waals surface area contributed by atoms with Crippen LogP contribution in [0.15, 0.2) is 48.5 Å². The van der Waals surface area contributed by atoms with Crippen molar-refractivity contribution in [2.75, 3.05) is 18.1 Å². The number of hydrogen-bond acceptors (Lipinski definition) is 4. The second kappa shape index (κ2) is 8.97. The van der Waals surface area contributed by atoms with Crippen molar-refractivity contribution in [3.05, 3.63) is 64.7 Å². The van der Waals surface area contributed by atoms with Crippen LogP contribution in [0.25, 0.3) is 0 Å². The minimum atomic E-state index is -3.13. The van der Waals surface area contributed by atoms with E-state index in [1.54, 1.807) is 35.2 Å². The first-order valence-corrected chi connectivity index (χ1v) is 11.6. The number of nitrogens with zero attached hydrogens (tertiary/aromatic N) is 1. The van der Waals surface area contributed by atoms with Crippen molar-refractivity contribution in [2.45, 2.75) is 32.4 Å². The molecule has 7 heteroatoms. The molecule has 1 heterocycles. The van der Waals surface area contributed by atoms with E-state index in [1.165, 1.54) is 0 Å². The van der Waals surface area contributed by atoms with E-state index in [0.29, 0.717) is 35.9 Å². The molecule has 0 aliphatic carbocycles. The van der Waals surface area contributed by atoms with Crippen LogP contribution < -0.4 is 4.74 Å². The van der Waals surface area contributed by atoms with Crippen LogP contribution in [-0.4, -0.2) is 43.4 Å². The van der Waals surface area contributed by atoms with Gasteiger partial charge >= 0.3 is 0 Å². The highest BCUT2D eigenvalue weighted by atomic mass is 35.5. The lowest BCUT2D eigenvalue weighted by Gasteiger charge is -2.29. The second-order valence-electron chi connectivity index (χ2n) is 6.96. The number of halogens is 1. The lowest BCUT2D eigenvalue weighted by molar-refractivity contribution is 0.0676. The summed E-state index contributed by atoms with van der Waals surface area (Å²) in [6, 6.07) is 14.0. The molecule has 0 aromatic heterocycles. The van der Waals surface area contributed by atoms with Crippen molar-refractivity contribution >= 4 is 27.3 Å². The Morgan fingerprint density at radius 1 is 1.21 bits per heavy atom. The Bertz CT molecular complexity index is 945. The monoisotopic (exact) mass is 421 g/mol. The molecule has 1 amide bonds. The molecule has 0 radical (unpaired) electrons. The normalized spacial score (nSPS) is 18.0. The third-order valence-electron chi connectivity index (χ3n) is 4.73. The molecule has 0 bridgehead atoms. The van der Waals surface area contributed by atoms with Crippen molar-refractivity contribution in [1.82, 2.24) is 4.90 Å². The third-order valence-corrected chi connectivity index (χ3v) is 6.72. The van der Waals surface area contributed by atoms with Crippen molar-refractivity contribution in [3.63, 3.8) is 0 Å². The van der Waals surface area contributed by atoms with Gasteiger partial charge in [-0.25, -0.2) is 8.42 Å². The minimum absolute atomic E-state index is 0.0166. The summed E-state index contributed by atoms with van der Waals surface area (Å²) in [6.45, 7) is 2.80. The predicted molar refractivity (Wildman–Crippen MR) is 111 cm³/mol. The van der Waals surface area contributed by atoms with Crippen LogP contribution in [0, 0.1) is 0 Å². The number of rotatable bonds is 7. The van der Waals surface area contributed by atoms with Crippen LogP contribution in [0.5, 0.6) is 5.75 Å². The second-order valence-corrected chi connectivity index (χ2v) is 9.63. The molecule has 0 spiro atoms. The number of hydrogen-bond donors (Lipinski definition) is 0. The van der Waals surface area contributed by atoms with Gasteiger partial charge in [0, 0.05) is 17.6 Å².